The Morgan fingerprint density at radius 1 is 1.15 bits per heavy atom. The molecule has 1 aromatic heterocycles. The van der Waals surface area contributed by atoms with Crippen molar-refractivity contribution in [1.82, 2.24) is 20.2 Å². The van der Waals surface area contributed by atoms with E-state index in [0.29, 0.717) is 22.5 Å². The zero-order valence-corrected chi connectivity index (χ0v) is 16.7. The number of nitrogens with zero attached hydrogens (tertiary/aromatic N) is 4. The number of para-hydroxylation sites is 1. The number of aryl methyl sites for hydroxylation is 2. The number of rotatable bonds is 8. The van der Waals surface area contributed by atoms with Crippen LogP contribution in [0.15, 0.2) is 47.6 Å². The molecule has 2 aromatic carbocycles. The lowest BCUT2D eigenvalue weighted by molar-refractivity contribution is 0.0398. The Morgan fingerprint density at radius 3 is 2.63 bits per heavy atom. The summed E-state index contributed by atoms with van der Waals surface area (Å²) in [6.07, 6.45) is -0.638. The molecule has 3 rings (SSSR count). The number of ether oxygens (including phenoxy) is 1. The van der Waals surface area contributed by atoms with Crippen LogP contribution in [0, 0.1) is 13.8 Å². The highest BCUT2D eigenvalue weighted by Gasteiger charge is 2.15. The number of aliphatic hydroxyl groups is 1. The Morgan fingerprint density at radius 2 is 1.89 bits per heavy atom. The summed E-state index contributed by atoms with van der Waals surface area (Å²) in [7, 11) is 0. The van der Waals surface area contributed by atoms with Crippen LogP contribution in [0.25, 0.3) is 5.69 Å². The molecule has 1 N–H and O–H groups in total. The lowest BCUT2D eigenvalue weighted by Gasteiger charge is -2.13. The Bertz CT molecular complexity index is 883. The number of aliphatic hydroxyl groups excluding tert-OH is 1. The first kappa shape index (κ1) is 19.8. The quantitative estimate of drug-likeness (QED) is 0.578. The van der Waals surface area contributed by atoms with Gasteiger partial charge >= 0.3 is 0 Å². The second kappa shape index (κ2) is 9.32. The number of hydrogen-bond acceptors (Lipinski definition) is 6. The summed E-state index contributed by atoms with van der Waals surface area (Å²) < 4.78 is 7.29. The molecule has 8 heteroatoms. The Hall–Kier alpha value is -1.93. The van der Waals surface area contributed by atoms with Crippen LogP contribution >= 0.6 is 23.4 Å². The van der Waals surface area contributed by atoms with Crippen molar-refractivity contribution in [3.63, 3.8) is 0 Å². The minimum absolute atomic E-state index is 0.211. The maximum absolute atomic E-state index is 10.2. The van der Waals surface area contributed by atoms with Crippen LogP contribution in [-0.2, 0) is 11.3 Å². The van der Waals surface area contributed by atoms with Crippen molar-refractivity contribution >= 4 is 23.4 Å². The van der Waals surface area contributed by atoms with E-state index in [1.807, 2.05) is 56.3 Å². The summed E-state index contributed by atoms with van der Waals surface area (Å²) in [6.45, 7) is 4.62. The highest BCUT2D eigenvalue weighted by atomic mass is 35.5. The minimum atomic E-state index is -0.638. The Balaban J connectivity index is 1.55. The SMILES string of the molecule is Cc1cccc(C)c1-n1nnnc1SC[C@H](O)COCc1ccccc1Cl. The van der Waals surface area contributed by atoms with Gasteiger partial charge < -0.3 is 9.84 Å². The van der Waals surface area contributed by atoms with E-state index < -0.39 is 6.10 Å². The molecule has 0 fully saturated rings. The van der Waals surface area contributed by atoms with Crippen molar-refractivity contribution < 1.29 is 9.84 Å². The molecule has 27 heavy (non-hydrogen) atoms. The van der Waals surface area contributed by atoms with Gasteiger partial charge in [-0.15, -0.1) is 5.10 Å². The van der Waals surface area contributed by atoms with Gasteiger partial charge in [0.1, 0.15) is 0 Å². The van der Waals surface area contributed by atoms with Gasteiger partial charge in [-0.25, -0.2) is 0 Å². The number of tetrazole rings is 1. The van der Waals surface area contributed by atoms with Gasteiger partial charge in [0.05, 0.1) is 25.0 Å². The fraction of sp³-hybridized carbons (Fsp3) is 0.316. The molecule has 0 unspecified atom stereocenters. The van der Waals surface area contributed by atoms with Gasteiger partial charge in [-0.2, -0.15) is 4.68 Å². The molecule has 3 aromatic rings. The van der Waals surface area contributed by atoms with Crippen LogP contribution in [0.2, 0.25) is 5.02 Å². The van der Waals surface area contributed by atoms with Gasteiger partial charge in [0, 0.05) is 10.8 Å². The summed E-state index contributed by atoms with van der Waals surface area (Å²) >= 11 is 7.49. The highest BCUT2D eigenvalue weighted by molar-refractivity contribution is 7.99. The van der Waals surface area contributed by atoms with E-state index in [2.05, 4.69) is 15.5 Å². The predicted molar refractivity (Wildman–Crippen MR) is 106 cm³/mol. The topological polar surface area (TPSA) is 73.1 Å². The van der Waals surface area contributed by atoms with Crippen LogP contribution in [0.3, 0.4) is 0 Å². The predicted octanol–water partition coefficient (Wildman–Crippen LogP) is 3.60. The van der Waals surface area contributed by atoms with Crippen molar-refractivity contribution in [3.8, 4) is 5.69 Å². The van der Waals surface area contributed by atoms with E-state index in [0.717, 1.165) is 22.4 Å². The molecule has 0 saturated carbocycles. The van der Waals surface area contributed by atoms with Crippen molar-refractivity contribution in [2.75, 3.05) is 12.4 Å². The molecule has 0 saturated heterocycles. The standard InChI is InChI=1S/C19H21ClN4O2S/c1-13-6-5-7-14(2)18(13)24-19(21-22-23-24)27-12-16(25)11-26-10-15-8-3-4-9-17(15)20/h3-9,16,25H,10-12H2,1-2H3/t16-/m1/s1. The first-order valence-electron chi connectivity index (χ1n) is 8.53. The second-order valence-electron chi connectivity index (χ2n) is 6.19. The largest absolute Gasteiger partial charge is 0.390 e. The Labute approximate surface area is 167 Å². The van der Waals surface area contributed by atoms with Crippen LogP contribution in [-0.4, -0.2) is 43.8 Å². The van der Waals surface area contributed by atoms with Gasteiger partial charge in [-0.05, 0) is 47.0 Å². The highest BCUT2D eigenvalue weighted by Crippen LogP contribution is 2.24. The molecular weight excluding hydrogens is 384 g/mol. The Kier molecular flexibility index (Phi) is 6.84. The van der Waals surface area contributed by atoms with E-state index in [4.69, 9.17) is 16.3 Å². The van der Waals surface area contributed by atoms with E-state index in [1.54, 1.807) is 4.68 Å². The maximum atomic E-state index is 10.2. The maximum Gasteiger partial charge on any atom is 0.214 e. The second-order valence-corrected chi connectivity index (χ2v) is 7.58. The first-order valence-corrected chi connectivity index (χ1v) is 9.89. The third kappa shape index (κ3) is 5.07. The molecule has 0 aliphatic rings. The van der Waals surface area contributed by atoms with E-state index >= 15 is 0 Å². The molecule has 0 spiro atoms. The minimum Gasteiger partial charge on any atom is -0.390 e. The smallest absolute Gasteiger partial charge is 0.214 e. The fourth-order valence-electron chi connectivity index (χ4n) is 2.69. The van der Waals surface area contributed by atoms with Gasteiger partial charge in [-0.1, -0.05) is 59.8 Å². The number of aromatic nitrogens is 4. The average molecular weight is 405 g/mol. The monoisotopic (exact) mass is 404 g/mol. The lowest BCUT2D eigenvalue weighted by Crippen LogP contribution is -2.18. The molecular formula is C19H21ClN4O2S. The third-order valence-corrected chi connectivity index (χ3v) is 5.46. The zero-order chi connectivity index (χ0) is 19.2. The number of hydrogen-bond donors (Lipinski definition) is 1. The zero-order valence-electron chi connectivity index (χ0n) is 15.2. The van der Waals surface area contributed by atoms with Gasteiger partial charge in [-0.3, -0.25) is 0 Å². The molecule has 6 nitrogen and oxygen atoms in total. The summed E-state index contributed by atoms with van der Waals surface area (Å²) in [6, 6.07) is 13.6. The summed E-state index contributed by atoms with van der Waals surface area (Å²) in [5.74, 6) is 0.424. The van der Waals surface area contributed by atoms with E-state index in [9.17, 15) is 5.11 Å². The lowest BCUT2D eigenvalue weighted by atomic mass is 10.1. The first-order chi connectivity index (χ1) is 13.1. The normalized spacial score (nSPS) is 12.3. The van der Waals surface area contributed by atoms with Crippen LogP contribution in [0.4, 0.5) is 0 Å². The molecule has 0 amide bonds. The summed E-state index contributed by atoms with van der Waals surface area (Å²) in [4.78, 5) is 0. The fourth-order valence-corrected chi connectivity index (χ4v) is 3.66. The van der Waals surface area contributed by atoms with Crippen molar-refractivity contribution in [2.45, 2.75) is 31.7 Å². The van der Waals surface area contributed by atoms with Gasteiger partial charge in [0.15, 0.2) is 0 Å². The van der Waals surface area contributed by atoms with Crippen LogP contribution < -0.4 is 0 Å². The molecule has 142 valence electrons. The van der Waals surface area contributed by atoms with Crippen molar-refractivity contribution in [2.24, 2.45) is 0 Å². The van der Waals surface area contributed by atoms with Gasteiger partial charge in [0.2, 0.25) is 5.16 Å². The van der Waals surface area contributed by atoms with Gasteiger partial charge in [0.25, 0.3) is 0 Å². The third-order valence-electron chi connectivity index (χ3n) is 4.02. The summed E-state index contributed by atoms with van der Waals surface area (Å²) in [5.41, 5.74) is 4.05. The summed E-state index contributed by atoms with van der Waals surface area (Å²) in [5, 5.41) is 23.5. The van der Waals surface area contributed by atoms with E-state index in [1.165, 1.54) is 11.8 Å². The molecule has 0 radical (unpaired) electrons. The number of halogens is 1. The molecule has 0 aliphatic heterocycles. The van der Waals surface area contributed by atoms with Crippen molar-refractivity contribution in [1.29, 1.82) is 0 Å². The number of benzene rings is 2. The van der Waals surface area contributed by atoms with Crippen LogP contribution in [0.5, 0.6) is 0 Å². The molecule has 0 bridgehead atoms. The van der Waals surface area contributed by atoms with Crippen molar-refractivity contribution in [3.05, 3.63) is 64.2 Å². The molecule has 1 heterocycles. The molecule has 0 aliphatic carbocycles. The number of thioether (sulfide) groups is 1. The molecule has 1 atom stereocenters. The average Bonchev–Trinajstić information content (AvgIpc) is 3.10. The van der Waals surface area contributed by atoms with E-state index in [-0.39, 0.29) is 6.61 Å². The van der Waals surface area contributed by atoms with Crippen LogP contribution in [0.1, 0.15) is 16.7 Å².